The lowest BCUT2D eigenvalue weighted by Crippen LogP contribution is -2.01. The van der Waals surface area contributed by atoms with Crippen LogP contribution in [0.3, 0.4) is 0 Å². The number of hydrogen-bond acceptors (Lipinski definition) is 3. The van der Waals surface area contributed by atoms with Gasteiger partial charge in [0.1, 0.15) is 23.1 Å². The van der Waals surface area contributed by atoms with Crippen molar-refractivity contribution in [3.63, 3.8) is 0 Å². The average molecular weight is 311 g/mol. The van der Waals surface area contributed by atoms with Gasteiger partial charge in [-0.25, -0.2) is 4.39 Å². The Morgan fingerprint density at radius 1 is 0.857 bits per heavy atom. The molecular weight excluding hydrogens is 295 g/mol. The molecule has 5 heteroatoms. The number of ether oxygens (including phenoxy) is 3. The summed E-state index contributed by atoms with van der Waals surface area (Å²) in [6.45, 7) is 0. The van der Waals surface area contributed by atoms with Crippen molar-refractivity contribution < 1.29 is 18.6 Å². The van der Waals surface area contributed by atoms with E-state index in [1.807, 2.05) is 0 Å². The predicted molar refractivity (Wildman–Crippen MR) is 80.2 cm³/mol. The molecule has 0 radical (unpaired) electrons. The Labute approximate surface area is 128 Å². The van der Waals surface area contributed by atoms with Crippen LogP contribution in [0.15, 0.2) is 36.4 Å². The first-order chi connectivity index (χ1) is 10.1. The van der Waals surface area contributed by atoms with Crippen LogP contribution in [0.25, 0.3) is 0 Å². The second-order valence-electron chi connectivity index (χ2n) is 4.36. The van der Waals surface area contributed by atoms with Crippen molar-refractivity contribution in [2.75, 3.05) is 21.3 Å². The van der Waals surface area contributed by atoms with Crippen molar-refractivity contribution in [1.29, 1.82) is 0 Å². The molecule has 0 spiro atoms. The SMILES string of the molecule is COc1ccc(OC)c(C(Cl)c2cc(F)ccc2OC)c1. The Kier molecular flexibility index (Phi) is 4.91. The molecule has 0 aliphatic heterocycles. The molecule has 0 amide bonds. The summed E-state index contributed by atoms with van der Waals surface area (Å²) < 4.78 is 29.3. The van der Waals surface area contributed by atoms with Gasteiger partial charge in [-0.1, -0.05) is 0 Å². The summed E-state index contributed by atoms with van der Waals surface area (Å²) in [5.41, 5.74) is 1.22. The lowest BCUT2D eigenvalue weighted by Gasteiger charge is -2.18. The van der Waals surface area contributed by atoms with E-state index in [2.05, 4.69) is 0 Å². The normalized spacial score (nSPS) is 11.9. The summed E-state index contributed by atoms with van der Waals surface area (Å²) in [5, 5.41) is -0.624. The topological polar surface area (TPSA) is 27.7 Å². The van der Waals surface area contributed by atoms with E-state index in [-0.39, 0.29) is 5.82 Å². The Hall–Kier alpha value is -1.94. The van der Waals surface area contributed by atoms with Crippen LogP contribution in [0, 0.1) is 5.82 Å². The van der Waals surface area contributed by atoms with E-state index in [1.54, 1.807) is 38.5 Å². The van der Waals surface area contributed by atoms with Crippen LogP contribution in [0.1, 0.15) is 16.5 Å². The zero-order valence-corrected chi connectivity index (χ0v) is 12.8. The highest BCUT2D eigenvalue weighted by Crippen LogP contribution is 2.40. The molecule has 1 unspecified atom stereocenters. The van der Waals surface area contributed by atoms with E-state index in [0.717, 1.165) is 0 Å². The number of benzene rings is 2. The molecule has 0 fully saturated rings. The van der Waals surface area contributed by atoms with Crippen LogP contribution >= 0.6 is 11.6 Å². The maximum Gasteiger partial charge on any atom is 0.124 e. The van der Waals surface area contributed by atoms with Crippen molar-refractivity contribution in [3.05, 3.63) is 53.3 Å². The standard InChI is InChI=1S/C16H16ClFO3/c1-19-11-5-7-15(21-3)13(9-11)16(17)12-8-10(18)4-6-14(12)20-2/h4-9,16H,1-3H3. The minimum Gasteiger partial charge on any atom is -0.497 e. The van der Waals surface area contributed by atoms with E-state index < -0.39 is 5.38 Å². The van der Waals surface area contributed by atoms with Crippen molar-refractivity contribution in [1.82, 2.24) is 0 Å². The number of hydrogen-bond donors (Lipinski definition) is 0. The molecule has 0 aromatic heterocycles. The lowest BCUT2D eigenvalue weighted by molar-refractivity contribution is 0.396. The van der Waals surface area contributed by atoms with Gasteiger partial charge in [0.2, 0.25) is 0 Å². The highest BCUT2D eigenvalue weighted by Gasteiger charge is 2.21. The molecule has 2 rings (SSSR count). The summed E-state index contributed by atoms with van der Waals surface area (Å²) in [6.07, 6.45) is 0. The monoisotopic (exact) mass is 310 g/mol. The highest BCUT2D eigenvalue weighted by molar-refractivity contribution is 6.23. The van der Waals surface area contributed by atoms with Gasteiger partial charge in [-0.2, -0.15) is 0 Å². The molecule has 0 bridgehead atoms. The first kappa shape index (κ1) is 15.4. The Balaban J connectivity index is 2.53. The van der Waals surface area contributed by atoms with Gasteiger partial charge in [0.15, 0.2) is 0 Å². The third-order valence-electron chi connectivity index (χ3n) is 3.17. The molecule has 2 aromatic carbocycles. The first-order valence-electron chi connectivity index (χ1n) is 6.30. The summed E-state index contributed by atoms with van der Waals surface area (Å²) in [7, 11) is 4.64. The molecule has 0 saturated carbocycles. The highest BCUT2D eigenvalue weighted by atomic mass is 35.5. The molecule has 21 heavy (non-hydrogen) atoms. The van der Waals surface area contributed by atoms with Gasteiger partial charge in [-0.05, 0) is 36.4 Å². The number of halogens is 2. The Bertz CT molecular complexity index is 631. The molecular formula is C16H16ClFO3. The summed E-state index contributed by atoms with van der Waals surface area (Å²) >= 11 is 6.52. The second kappa shape index (κ2) is 6.68. The van der Waals surface area contributed by atoms with E-state index in [4.69, 9.17) is 25.8 Å². The van der Waals surface area contributed by atoms with Gasteiger partial charge in [-0.15, -0.1) is 11.6 Å². The van der Waals surface area contributed by atoms with Gasteiger partial charge in [0.05, 0.1) is 26.7 Å². The van der Waals surface area contributed by atoms with Crippen LogP contribution in [0.2, 0.25) is 0 Å². The zero-order chi connectivity index (χ0) is 15.4. The number of methoxy groups -OCH3 is 3. The van der Waals surface area contributed by atoms with Gasteiger partial charge in [0, 0.05) is 11.1 Å². The molecule has 0 heterocycles. The maximum absolute atomic E-state index is 13.5. The maximum atomic E-state index is 13.5. The molecule has 0 aliphatic rings. The van der Waals surface area contributed by atoms with Crippen molar-refractivity contribution >= 4 is 11.6 Å². The summed E-state index contributed by atoms with van der Waals surface area (Å²) in [4.78, 5) is 0. The van der Waals surface area contributed by atoms with Crippen LogP contribution in [-0.2, 0) is 0 Å². The van der Waals surface area contributed by atoms with E-state index in [1.165, 1.54) is 19.2 Å². The molecule has 1 atom stereocenters. The van der Waals surface area contributed by atoms with Crippen LogP contribution in [-0.4, -0.2) is 21.3 Å². The third-order valence-corrected chi connectivity index (χ3v) is 3.64. The minimum atomic E-state index is -0.624. The Morgan fingerprint density at radius 3 is 2.00 bits per heavy atom. The second-order valence-corrected chi connectivity index (χ2v) is 4.79. The smallest absolute Gasteiger partial charge is 0.124 e. The predicted octanol–water partition coefficient (Wildman–Crippen LogP) is 4.18. The summed E-state index contributed by atoms with van der Waals surface area (Å²) in [5.74, 6) is 1.38. The van der Waals surface area contributed by atoms with E-state index >= 15 is 0 Å². The van der Waals surface area contributed by atoms with Crippen LogP contribution in [0.4, 0.5) is 4.39 Å². The van der Waals surface area contributed by atoms with Gasteiger partial charge in [-0.3, -0.25) is 0 Å². The summed E-state index contributed by atoms with van der Waals surface area (Å²) in [6, 6.07) is 9.53. The van der Waals surface area contributed by atoms with E-state index in [0.29, 0.717) is 28.4 Å². The van der Waals surface area contributed by atoms with E-state index in [9.17, 15) is 4.39 Å². The molecule has 0 N–H and O–H groups in total. The van der Waals surface area contributed by atoms with Gasteiger partial charge < -0.3 is 14.2 Å². The first-order valence-corrected chi connectivity index (χ1v) is 6.73. The molecule has 3 nitrogen and oxygen atoms in total. The number of rotatable bonds is 5. The van der Waals surface area contributed by atoms with Crippen LogP contribution < -0.4 is 14.2 Å². The lowest BCUT2D eigenvalue weighted by atomic mass is 10.0. The minimum absolute atomic E-state index is 0.377. The third kappa shape index (κ3) is 3.22. The average Bonchev–Trinajstić information content (AvgIpc) is 2.53. The van der Waals surface area contributed by atoms with Gasteiger partial charge >= 0.3 is 0 Å². The zero-order valence-electron chi connectivity index (χ0n) is 12.0. The molecule has 0 saturated heterocycles. The van der Waals surface area contributed by atoms with Crippen molar-refractivity contribution in [2.45, 2.75) is 5.38 Å². The largest absolute Gasteiger partial charge is 0.497 e. The fraction of sp³-hybridized carbons (Fsp3) is 0.250. The van der Waals surface area contributed by atoms with Crippen LogP contribution in [0.5, 0.6) is 17.2 Å². The number of alkyl halides is 1. The van der Waals surface area contributed by atoms with Gasteiger partial charge in [0.25, 0.3) is 0 Å². The quantitative estimate of drug-likeness (QED) is 0.775. The van der Waals surface area contributed by atoms with Crippen molar-refractivity contribution in [3.8, 4) is 17.2 Å². The Morgan fingerprint density at radius 2 is 1.43 bits per heavy atom. The molecule has 2 aromatic rings. The van der Waals surface area contributed by atoms with Crippen molar-refractivity contribution in [2.24, 2.45) is 0 Å². The molecule has 0 aliphatic carbocycles. The fourth-order valence-electron chi connectivity index (χ4n) is 2.11. The molecule has 112 valence electrons. The fourth-order valence-corrected chi connectivity index (χ4v) is 2.45.